The first-order chi connectivity index (χ1) is 4.73. The molecular weight excluding hydrogens is 144 g/mol. The third kappa shape index (κ3) is 17.7. The molecule has 0 radical (unpaired) electrons. The number of carbonyl (C=O) groups is 1. The zero-order valence-corrected chi connectivity index (χ0v) is 6.70. The van der Waals surface area contributed by atoms with Crippen LogP contribution in [0.3, 0.4) is 0 Å². The van der Waals surface area contributed by atoms with E-state index in [1.165, 1.54) is 0 Å². The number of carbonyl (C=O) groups excluding carboxylic acids is 1. The number of H-pyrrole nitrogens is 1. The predicted octanol–water partition coefficient (Wildman–Crippen LogP) is -0.367. The fourth-order valence-corrected chi connectivity index (χ4v) is 0.342. The maximum absolute atomic E-state index is 8.89. The zero-order chi connectivity index (χ0) is 7.82. The molecule has 0 fully saturated rings. The number of aromatic amines is 1. The summed E-state index contributed by atoms with van der Waals surface area (Å²) in [6.07, 6.45) is 3.75. The van der Waals surface area contributed by atoms with Crippen LogP contribution in [0.25, 0.3) is 0 Å². The number of hydrogen-bond donors (Lipinski definition) is 1. The van der Waals surface area contributed by atoms with E-state index in [4.69, 9.17) is 9.90 Å². The Bertz CT molecular complexity index is 146. The van der Waals surface area contributed by atoms with E-state index in [-0.39, 0.29) is 6.15 Å². The first-order valence-corrected chi connectivity index (χ1v) is 2.82. The highest BCUT2D eigenvalue weighted by Crippen LogP contribution is 1.68. The van der Waals surface area contributed by atoms with E-state index >= 15 is 0 Å². The Hall–Kier alpha value is -1.42. The fraction of sp³-hybridized carbons (Fsp3) is 0.143. The molecule has 0 aromatic carbocycles. The maximum atomic E-state index is 8.89. The van der Waals surface area contributed by atoms with E-state index in [9.17, 15) is 0 Å². The van der Waals surface area contributed by atoms with Crippen molar-refractivity contribution in [2.24, 2.45) is 0 Å². The van der Waals surface area contributed by atoms with E-state index in [1.807, 2.05) is 30.6 Å². The summed E-state index contributed by atoms with van der Waals surface area (Å²) >= 11 is 0. The van der Waals surface area contributed by atoms with Crippen LogP contribution in [-0.2, 0) is 4.79 Å². The largest absolute Gasteiger partial charge is 0.550 e. The molecule has 0 saturated heterocycles. The second kappa shape index (κ2) is 8.58. The Morgan fingerprint density at radius 2 is 1.64 bits per heavy atom. The van der Waals surface area contributed by atoms with Crippen LogP contribution >= 0.6 is 0 Å². The number of nitrogens with one attached hydrogen (secondary N) is 1. The van der Waals surface area contributed by atoms with Crippen molar-refractivity contribution >= 4 is 5.97 Å². The van der Waals surface area contributed by atoms with Crippen LogP contribution in [0.5, 0.6) is 0 Å². The maximum Gasteiger partial charge on any atom is 0.166 e. The summed E-state index contributed by atoms with van der Waals surface area (Å²) in [7, 11) is 0. The Morgan fingerprint density at radius 1 is 1.27 bits per heavy atom. The number of rotatable bonds is 0. The van der Waals surface area contributed by atoms with Crippen molar-refractivity contribution in [2.75, 3.05) is 0 Å². The normalized spacial score (nSPS) is 6.64. The van der Waals surface area contributed by atoms with Gasteiger partial charge in [0.25, 0.3) is 0 Å². The summed E-state index contributed by atoms with van der Waals surface area (Å²) in [6.45, 7) is 0.972. The van der Waals surface area contributed by atoms with Gasteiger partial charge in [0.1, 0.15) is 0 Å². The highest BCUT2D eigenvalue weighted by atomic mass is 16.4. The van der Waals surface area contributed by atoms with Gasteiger partial charge in [-0.15, -0.1) is 0 Å². The van der Waals surface area contributed by atoms with Gasteiger partial charge in [-0.2, -0.15) is 0 Å². The van der Waals surface area contributed by atoms with Gasteiger partial charge in [-0.3, -0.25) is 0 Å². The summed E-state index contributed by atoms with van der Waals surface area (Å²) in [5.41, 5.74) is 0. The third-order valence-electron chi connectivity index (χ3n) is 0.607. The SMILES string of the molecule is CC(=O)[O-].[NH4+].c1cc[nH+]cc1. The molecule has 0 aliphatic heterocycles. The molecule has 4 heteroatoms. The van der Waals surface area contributed by atoms with Gasteiger partial charge in [0.15, 0.2) is 12.4 Å². The molecule has 1 aromatic rings. The number of quaternary nitrogens is 1. The van der Waals surface area contributed by atoms with Gasteiger partial charge in [-0.25, -0.2) is 4.98 Å². The molecule has 5 N–H and O–H groups in total. The molecular formula is C7H13N2O2+. The number of carboxylic acid groups (broad SMARTS) is 1. The van der Waals surface area contributed by atoms with Crippen molar-refractivity contribution in [1.29, 1.82) is 0 Å². The van der Waals surface area contributed by atoms with Gasteiger partial charge < -0.3 is 16.1 Å². The fourth-order valence-electron chi connectivity index (χ4n) is 0.342. The molecule has 0 amide bonds. The smallest absolute Gasteiger partial charge is 0.166 e. The highest BCUT2D eigenvalue weighted by molar-refractivity contribution is 5.60. The lowest BCUT2D eigenvalue weighted by atomic mass is 10.5. The average Bonchev–Trinajstić information content (AvgIpc) is 1.90. The molecule has 62 valence electrons. The molecule has 0 aliphatic carbocycles. The van der Waals surface area contributed by atoms with Gasteiger partial charge in [0.05, 0.1) is 0 Å². The second-order valence-electron chi connectivity index (χ2n) is 1.57. The van der Waals surface area contributed by atoms with Crippen molar-refractivity contribution in [2.45, 2.75) is 6.92 Å². The van der Waals surface area contributed by atoms with Crippen molar-refractivity contribution in [3.8, 4) is 0 Å². The first kappa shape index (κ1) is 12.3. The molecule has 1 aromatic heterocycles. The molecule has 0 atom stereocenters. The molecule has 0 bridgehead atoms. The Balaban J connectivity index is 0. The minimum atomic E-state index is -1.08. The minimum Gasteiger partial charge on any atom is -0.550 e. The van der Waals surface area contributed by atoms with Crippen molar-refractivity contribution in [3.63, 3.8) is 0 Å². The first-order valence-electron chi connectivity index (χ1n) is 2.82. The van der Waals surface area contributed by atoms with Crippen LogP contribution in [0.15, 0.2) is 30.6 Å². The van der Waals surface area contributed by atoms with Crippen LogP contribution in [-0.4, -0.2) is 5.97 Å². The van der Waals surface area contributed by atoms with Gasteiger partial charge in [0, 0.05) is 18.1 Å². The Morgan fingerprint density at radius 3 is 1.73 bits per heavy atom. The minimum absolute atomic E-state index is 0. The van der Waals surface area contributed by atoms with Crippen molar-refractivity contribution < 1.29 is 14.9 Å². The summed E-state index contributed by atoms with van der Waals surface area (Å²) in [4.78, 5) is 11.8. The molecule has 0 aliphatic rings. The zero-order valence-electron chi connectivity index (χ0n) is 6.70. The number of hydrogen-bond acceptors (Lipinski definition) is 2. The van der Waals surface area contributed by atoms with Crippen LogP contribution in [0, 0.1) is 0 Å². The third-order valence-corrected chi connectivity index (χ3v) is 0.607. The quantitative estimate of drug-likeness (QED) is 0.556. The highest BCUT2D eigenvalue weighted by Gasteiger charge is 1.65. The summed E-state index contributed by atoms with van der Waals surface area (Å²) in [5.74, 6) is -1.08. The topological polar surface area (TPSA) is 90.8 Å². The molecule has 0 unspecified atom stereocenters. The lowest BCUT2D eigenvalue weighted by molar-refractivity contribution is -0.377. The number of carboxylic acids is 1. The number of aliphatic carboxylic acids is 1. The molecule has 1 rings (SSSR count). The Kier molecular flexibility index (Phi) is 9.57. The van der Waals surface area contributed by atoms with E-state index in [1.54, 1.807) is 0 Å². The monoisotopic (exact) mass is 157 g/mol. The van der Waals surface area contributed by atoms with Gasteiger partial charge in [-0.1, -0.05) is 6.07 Å². The molecule has 4 nitrogen and oxygen atoms in total. The molecule has 11 heavy (non-hydrogen) atoms. The molecule has 0 spiro atoms. The van der Waals surface area contributed by atoms with Crippen molar-refractivity contribution in [3.05, 3.63) is 30.6 Å². The second-order valence-corrected chi connectivity index (χ2v) is 1.57. The average molecular weight is 157 g/mol. The molecule has 1 heterocycles. The number of aromatic nitrogens is 1. The summed E-state index contributed by atoms with van der Waals surface area (Å²) in [6, 6.07) is 5.86. The van der Waals surface area contributed by atoms with Gasteiger partial charge in [0.2, 0.25) is 0 Å². The summed E-state index contributed by atoms with van der Waals surface area (Å²) in [5, 5.41) is 8.89. The van der Waals surface area contributed by atoms with Crippen LogP contribution in [0.2, 0.25) is 0 Å². The van der Waals surface area contributed by atoms with E-state index in [0.29, 0.717) is 0 Å². The van der Waals surface area contributed by atoms with Crippen LogP contribution in [0.4, 0.5) is 0 Å². The van der Waals surface area contributed by atoms with Gasteiger partial charge in [-0.05, 0) is 6.92 Å². The van der Waals surface area contributed by atoms with Gasteiger partial charge >= 0.3 is 0 Å². The van der Waals surface area contributed by atoms with Crippen LogP contribution in [0.1, 0.15) is 6.92 Å². The predicted molar refractivity (Wildman–Crippen MR) is 39.7 cm³/mol. The Labute approximate surface area is 65.5 Å². The standard InChI is InChI=1S/C5H5N.C2H4O2.H3N/c1-2-4-6-5-3-1;1-2(3)4;/h1-5H;1H3,(H,3,4);1H3/p+1. The van der Waals surface area contributed by atoms with Crippen molar-refractivity contribution in [1.82, 2.24) is 6.15 Å². The number of pyridine rings is 1. The van der Waals surface area contributed by atoms with E-state index in [0.717, 1.165) is 6.92 Å². The molecule has 0 saturated carbocycles. The lowest BCUT2D eigenvalue weighted by Gasteiger charge is -1.77. The summed E-state index contributed by atoms with van der Waals surface area (Å²) < 4.78 is 0. The van der Waals surface area contributed by atoms with E-state index in [2.05, 4.69) is 4.98 Å². The lowest BCUT2D eigenvalue weighted by Crippen LogP contribution is -2.16. The van der Waals surface area contributed by atoms with E-state index < -0.39 is 5.97 Å². The van der Waals surface area contributed by atoms with Crippen LogP contribution < -0.4 is 16.2 Å².